The summed E-state index contributed by atoms with van der Waals surface area (Å²) < 4.78 is 1.73. The second-order valence-electron chi connectivity index (χ2n) is 5.90. The highest BCUT2D eigenvalue weighted by Crippen LogP contribution is 2.17. The number of halogens is 1. The van der Waals surface area contributed by atoms with Crippen LogP contribution in [0.15, 0.2) is 35.4 Å². The van der Waals surface area contributed by atoms with Gasteiger partial charge in [-0.1, -0.05) is 31.4 Å². The van der Waals surface area contributed by atoms with E-state index in [1.807, 2.05) is 24.3 Å². The van der Waals surface area contributed by atoms with E-state index in [0.29, 0.717) is 11.4 Å². The fourth-order valence-electron chi connectivity index (χ4n) is 3.13. The van der Waals surface area contributed by atoms with E-state index in [0.717, 1.165) is 25.0 Å². The SMILES string of the molecule is Cl.O=c1c2ccccc2ncn1CCCNC1CCCCC1. The second-order valence-corrected chi connectivity index (χ2v) is 5.90. The number of hydrogen-bond acceptors (Lipinski definition) is 3. The molecule has 0 bridgehead atoms. The third-order valence-corrected chi connectivity index (χ3v) is 4.35. The highest BCUT2D eigenvalue weighted by Gasteiger charge is 2.11. The van der Waals surface area contributed by atoms with Gasteiger partial charge in [0.05, 0.1) is 17.2 Å². The molecule has 1 heterocycles. The summed E-state index contributed by atoms with van der Waals surface area (Å²) in [4.78, 5) is 16.7. The number of benzene rings is 1. The van der Waals surface area contributed by atoms with Crippen LogP contribution >= 0.6 is 12.4 Å². The predicted octanol–water partition coefficient (Wildman–Crippen LogP) is 3.13. The molecule has 2 aromatic rings. The van der Waals surface area contributed by atoms with Gasteiger partial charge in [0, 0.05) is 12.6 Å². The molecule has 0 unspecified atom stereocenters. The summed E-state index contributed by atoms with van der Waals surface area (Å²) in [6.07, 6.45) is 9.34. The Morgan fingerprint density at radius 1 is 1.18 bits per heavy atom. The van der Waals surface area contributed by atoms with Crippen LogP contribution in [0.5, 0.6) is 0 Å². The number of aryl methyl sites for hydroxylation is 1. The van der Waals surface area contributed by atoms with Crippen molar-refractivity contribution in [2.75, 3.05) is 6.54 Å². The molecule has 0 saturated heterocycles. The van der Waals surface area contributed by atoms with Crippen molar-refractivity contribution in [3.05, 3.63) is 40.9 Å². The Bertz CT molecular complexity index is 650. The van der Waals surface area contributed by atoms with Crippen molar-refractivity contribution in [2.24, 2.45) is 0 Å². The zero-order valence-corrected chi connectivity index (χ0v) is 13.6. The largest absolute Gasteiger partial charge is 0.314 e. The van der Waals surface area contributed by atoms with Crippen molar-refractivity contribution < 1.29 is 0 Å². The highest BCUT2D eigenvalue weighted by molar-refractivity contribution is 5.85. The Morgan fingerprint density at radius 2 is 1.95 bits per heavy atom. The lowest BCUT2D eigenvalue weighted by atomic mass is 9.95. The van der Waals surface area contributed by atoms with Gasteiger partial charge in [0.15, 0.2) is 0 Å². The van der Waals surface area contributed by atoms with E-state index in [9.17, 15) is 4.79 Å². The van der Waals surface area contributed by atoms with Crippen molar-refractivity contribution in [3.63, 3.8) is 0 Å². The van der Waals surface area contributed by atoms with Crippen LogP contribution in [-0.4, -0.2) is 22.1 Å². The van der Waals surface area contributed by atoms with Crippen molar-refractivity contribution in [2.45, 2.75) is 51.1 Å². The van der Waals surface area contributed by atoms with E-state index in [1.54, 1.807) is 10.9 Å². The van der Waals surface area contributed by atoms with E-state index in [4.69, 9.17) is 0 Å². The van der Waals surface area contributed by atoms with Gasteiger partial charge in [0.2, 0.25) is 0 Å². The average molecular weight is 322 g/mol. The molecule has 0 spiro atoms. The minimum atomic E-state index is 0. The molecular formula is C17H24ClN3O. The molecule has 5 heteroatoms. The Labute approximate surface area is 137 Å². The average Bonchev–Trinajstić information content (AvgIpc) is 2.55. The van der Waals surface area contributed by atoms with Crippen LogP contribution in [0.3, 0.4) is 0 Å². The molecule has 0 atom stereocenters. The van der Waals surface area contributed by atoms with Gasteiger partial charge in [0.25, 0.3) is 5.56 Å². The van der Waals surface area contributed by atoms with Gasteiger partial charge in [-0.3, -0.25) is 9.36 Å². The molecule has 3 rings (SSSR count). The quantitative estimate of drug-likeness (QED) is 0.861. The summed E-state index contributed by atoms with van der Waals surface area (Å²) in [7, 11) is 0. The maximum absolute atomic E-state index is 12.3. The van der Waals surface area contributed by atoms with Gasteiger partial charge < -0.3 is 5.32 Å². The summed E-state index contributed by atoms with van der Waals surface area (Å²) in [5, 5.41) is 4.32. The third kappa shape index (κ3) is 4.08. The molecule has 1 aliphatic rings. The molecule has 1 N–H and O–H groups in total. The van der Waals surface area contributed by atoms with Gasteiger partial charge in [-0.15, -0.1) is 12.4 Å². The molecule has 0 aliphatic heterocycles. The maximum Gasteiger partial charge on any atom is 0.261 e. The molecule has 22 heavy (non-hydrogen) atoms. The Hall–Kier alpha value is -1.39. The topological polar surface area (TPSA) is 46.9 Å². The summed E-state index contributed by atoms with van der Waals surface area (Å²) in [5.41, 5.74) is 0.845. The minimum Gasteiger partial charge on any atom is -0.314 e. The van der Waals surface area contributed by atoms with Gasteiger partial charge in [-0.05, 0) is 37.9 Å². The van der Waals surface area contributed by atoms with Crippen LogP contribution < -0.4 is 10.9 Å². The fourth-order valence-corrected chi connectivity index (χ4v) is 3.13. The number of nitrogens with zero attached hydrogens (tertiary/aromatic N) is 2. The number of para-hydroxylation sites is 1. The molecule has 0 amide bonds. The van der Waals surface area contributed by atoms with Gasteiger partial charge in [-0.2, -0.15) is 0 Å². The van der Waals surface area contributed by atoms with E-state index in [1.165, 1.54) is 32.1 Å². The van der Waals surface area contributed by atoms with E-state index in [-0.39, 0.29) is 18.0 Å². The summed E-state index contributed by atoms with van der Waals surface area (Å²) >= 11 is 0. The monoisotopic (exact) mass is 321 g/mol. The molecule has 1 aromatic heterocycles. The number of fused-ring (bicyclic) bond motifs is 1. The molecule has 1 fully saturated rings. The summed E-state index contributed by atoms with van der Waals surface area (Å²) in [5.74, 6) is 0. The van der Waals surface area contributed by atoms with Gasteiger partial charge >= 0.3 is 0 Å². The Morgan fingerprint density at radius 3 is 2.77 bits per heavy atom. The molecular weight excluding hydrogens is 298 g/mol. The summed E-state index contributed by atoms with van der Waals surface area (Å²) in [6, 6.07) is 8.21. The van der Waals surface area contributed by atoms with Crippen LogP contribution in [0.2, 0.25) is 0 Å². The van der Waals surface area contributed by atoms with Crippen molar-refractivity contribution in [1.29, 1.82) is 0 Å². The Balaban J connectivity index is 0.00000176. The lowest BCUT2D eigenvalue weighted by Gasteiger charge is -2.22. The number of nitrogens with one attached hydrogen (secondary N) is 1. The van der Waals surface area contributed by atoms with Crippen LogP contribution in [0, 0.1) is 0 Å². The zero-order chi connectivity index (χ0) is 14.5. The first-order valence-corrected chi connectivity index (χ1v) is 8.02. The van der Waals surface area contributed by atoms with Crippen molar-refractivity contribution in [3.8, 4) is 0 Å². The third-order valence-electron chi connectivity index (χ3n) is 4.35. The van der Waals surface area contributed by atoms with Crippen LogP contribution in [0.4, 0.5) is 0 Å². The Kier molecular flexibility index (Phi) is 6.40. The molecule has 120 valence electrons. The standard InChI is InChI=1S/C17H23N3O.ClH/c21-17-15-9-4-5-10-16(15)19-13-20(17)12-6-11-18-14-7-2-1-3-8-14;/h4-5,9-10,13-14,18H,1-3,6-8,11-12H2;1H. The number of hydrogen-bond donors (Lipinski definition) is 1. The number of aromatic nitrogens is 2. The molecule has 4 nitrogen and oxygen atoms in total. The van der Waals surface area contributed by atoms with Crippen LogP contribution in [0.1, 0.15) is 38.5 Å². The lowest BCUT2D eigenvalue weighted by molar-refractivity contribution is 0.368. The van der Waals surface area contributed by atoms with Crippen LogP contribution in [-0.2, 0) is 6.54 Å². The first kappa shape index (κ1) is 17.0. The molecule has 1 aliphatic carbocycles. The molecule has 1 aromatic carbocycles. The number of rotatable bonds is 5. The van der Waals surface area contributed by atoms with Gasteiger partial charge in [0.1, 0.15) is 0 Å². The first-order chi connectivity index (χ1) is 10.3. The molecule has 1 saturated carbocycles. The zero-order valence-electron chi connectivity index (χ0n) is 12.8. The van der Waals surface area contributed by atoms with E-state index < -0.39 is 0 Å². The smallest absolute Gasteiger partial charge is 0.261 e. The van der Waals surface area contributed by atoms with Gasteiger partial charge in [-0.25, -0.2) is 4.98 Å². The summed E-state index contributed by atoms with van der Waals surface area (Å²) in [6.45, 7) is 1.71. The minimum absolute atomic E-state index is 0. The normalized spacial score (nSPS) is 15.6. The predicted molar refractivity (Wildman–Crippen MR) is 92.7 cm³/mol. The highest BCUT2D eigenvalue weighted by atomic mass is 35.5. The first-order valence-electron chi connectivity index (χ1n) is 8.02. The van der Waals surface area contributed by atoms with E-state index in [2.05, 4.69) is 10.3 Å². The van der Waals surface area contributed by atoms with E-state index >= 15 is 0 Å². The van der Waals surface area contributed by atoms with Crippen molar-refractivity contribution >= 4 is 23.3 Å². The fraction of sp³-hybridized carbons (Fsp3) is 0.529. The second kappa shape index (κ2) is 8.30. The van der Waals surface area contributed by atoms with Crippen molar-refractivity contribution in [1.82, 2.24) is 14.9 Å². The van der Waals surface area contributed by atoms with Crippen LogP contribution in [0.25, 0.3) is 10.9 Å². The molecule has 0 radical (unpaired) electrons. The lowest BCUT2D eigenvalue weighted by Crippen LogP contribution is -2.32. The maximum atomic E-state index is 12.3.